The van der Waals surface area contributed by atoms with Crippen molar-refractivity contribution < 1.29 is 8.42 Å². The van der Waals surface area contributed by atoms with E-state index in [0.717, 1.165) is 17.8 Å². The second-order valence-corrected chi connectivity index (χ2v) is 10.1. The van der Waals surface area contributed by atoms with E-state index in [-0.39, 0.29) is 10.8 Å². The van der Waals surface area contributed by atoms with Gasteiger partial charge in [-0.3, -0.25) is 0 Å². The predicted molar refractivity (Wildman–Crippen MR) is 88.2 cm³/mol. The molecule has 120 valence electrons. The van der Waals surface area contributed by atoms with E-state index in [0.29, 0.717) is 16.7 Å². The minimum atomic E-state index is -3.37. The lowest BCUT2D eigenvalue weighted by Gasteiger charge is -2.06. The van der Waals surface area contributed by atoms with Gasteiger partial charge in [0.05, 0.1) is 0 Å². The molecule has 1 aliphatic rings. The highest BCUT2D eigenvalue weighted by molar-refractivity contribution is 7.91. The van der Waals surface area contributed by atoms with Crippen molar-refractivity contribution in [3.63, 3.8) is 0 Å². The van der Waals surface area contributed by atoms with E-state index < -0.39 is 10.0 Å². The van der Waals surface area contributed by atoms with E-state index in [4.69, 9.17) is 0 Å². The van der Waals surface area contributed by atoms with Crippen LogP contribution in [-0.2, 0) is 16.4 Å². The van der Waals surface area contributed by atoms with E-state index in [1.54, 1.807) is 6.07 Å². The minimum Gasteiger partial charge on any atom is -0.319 e. The summed E-state index contributed by atoms with van der Waals surface area (Å²) in [6, 6.07) is 3.61. The zero-order valence-corrected chi connectivity index (χ0v) is 15.1. The fourth-order valence-electron chi connectivity index (χ4n) is 2.99. The van der Waals surface area contributed by atoms with Crippen LogP contribution in [-0.4, -0.2) is 28.6 Å². The Bertz CT molecular complexity index is 589. The first-order valence-corrected chi connectivity index (χ1v) is 9.66. The van der Waals surface area contributed by atoms with Crippen LogP contribution in [0.25, 0.3) is 0 Å². The molecule has 0 atom stereocenters. The minimum absolute atomic E-state index is 0.197. The van der Waals surface area contributed by atoms with E-state index >= 15 is 0 Å². The molecule has 0 bridgehead atoms. The number of hydrogen-bond acceptors (Lipinski definition) is 4. The Morgan fingerprint density at radius 1 is 1.19 bits per heavy atom. The van der Waals surface area contributed by atoms with Gasteiger partial charge in [0.1, 0.15) is 4.21 Å². The monoisotopic (exact) mass is 330 g/mol. The van der Waals surface area contributed by atoms with E-state index in [1.165, 1.54) is 11.3 Å². The second-order valence-electron chi connectivity index (χ2n) is 6.92. The largest absolute Gasteiger partial charge is 0.319 e. The van der Waals surface area contributed by atoms with Gasteiger partial charge in [-0.25, -0.2) is 13.1 Å². The van der Waals surface area contributed by atoms with Crippen LogP contribution in [0.1, 0.15) is 32.6 Å². The van der Waals surface area contributed by atoms with Gasteiger partial charge >= 0.3 is 0 Å². The fraction of sp³-hybridized carbons (Fsp3) is 0.733. The number of sulfonamides is 1. The van der Waals surface area contributed by atoms with Crippen molar-refractivity contribution >= 4 is 21.4 Å². The van der Waals surface area contributed by atoms with Gasteiger partial charge in [0.2, 0.25) is 10.0 Å². The van der Waals surface area contributed by atoms with Crippen molar-refractivity contribution in [1.29, 1.82) is 0 Å². The molecule has 1 aromatic rings. The average Bonchev–Trinajstić information content (AvgIpc) is 2.76. The molecule has 2 N–H and O–H groups in total. The topological polar surface area (TPSA) is 58.2 Å². The fourth-order valence-corrected chi connectivity index (χ4v) is 5.44. The zero-order valence-electron chi connectivity index (χ0n) is 13.5. The van der Waals surface area contributed by atoms with Gasteiger partial charge in [-0.15, -0.1) is 11.3 Å². The molecule has 0 spiro atoms. The van der Waals surface area contributed by atoms with Crippen molar-refractivity contribution in [2.75, 3.05) is 20.1 Å². The number of nitrogens with one attached hydrogen (secondary N) is 2. The molecule has 0 aromatic carbocycles. The molecule has 1 aromatic heterocycles. The third-order valence-corrected chi connectivity index (χ3v) is 8.38. The molecule has 1 aliphatic carbocycles. The van der Waals surface area contributed by atoms with Crippen molar-refractivity contribution in [2.24, 2.45) is 16.7 Å². The molecular formula is C15H26N2O2S2. The molecule has 0 unspecified atom stereocenters. The Morgan fingerprint density at radius 3 is 2.33 bits per heavy atom. The summed E-state index contributed by atoms with van der Waals surface area (Å²) < 4.78 is 27.9. The third kappa shape index (κ3) is 3.18. The average molecular weight is 331 g/mol. The maximum Gasteiger partial charge on any atom is 0.250 e. The van der Waals surface area contributed by atoms with Crippen LogP contribution >= 0.6 is 11.3 Å². The molecule has 1 fully saturated rings. The normalized spacial score (nSPS) is 20.6. The van der Waals surface area contributed by atoms with Crippen molar-refractivity contribution in [2.45, 2.75) is 38.3 Å². The van der Waals surface area contributed by atoms with Gasteiger partial charge in [0.15, 0.2) is 0 Å². The predicted octanol–water partition coefficient (Wildman–Crippen LogP) is 2.47. The Kier molecular flexibility index (Phi) is 4.55. The summed E-state index contributed by atoms with van der Waals surface area (Å²) in [7, 11) is -1.48. The zero-order chi connectivity index (χ0) is 15.9. The molecule has 6 heteroatoms. The van der Waals surface area contributed by atoms with Crippen LogP contribution in [0.3, 0.4) is 0 Å². The van der Waals surface area contributed by atoms with E-state index in [1.807, 2.05) is 13.1 Å². The van der Waals surface area contributed by atoms with Gasteiger partial charge in [-0.05, 0) is 48.9 Å². The Morgan fingerprint density at radius 2 is 1.81 bits per heavy atom. The lowest BCUT2D eigenvalue weighted by Crippen LogP contribution is -2.26. The maximum atomic E-state index is 12.4. The van der Waals surface area contributed by atoms with Crippen LogP contribution in [0.2, 0.25) is 0 Å². The lowest BCUT2D eigenvalue weighted by molar-refractivity contribution is 0.457. The van der Waals surface area contributed by atoms with Gasteiger partial charge in [-0.1, -0.05) is 27.7 Å². The molecule has 2 rings (SSSR count). The number of thiophene rings is 1. The molecule has 0 saturated heterocycles. The molecule has 0 radical (unpaired) electrons. The first-order chi connectivity index (χ1) is 9.63. The van der Waals surface area contributed by atoms with Crippen LogP contribution in [0.15, 0.2) is 16.3 Å². The van der Waals surface area contributed by atoms with Crippen molar-refractivity contribution in [3.8, 4) is 0 Å². The maximum absolute atomic E-state index is 12.4. The number of hydrogen-bond donors (Lipinski definition) is 2. The molecule has 21 heavy (non-hydrogen) atoms. The van der Waals surface area contributed by atoms with Gasteiger partial charge < -0.3 is 5.32 Å². The molecule has 1 saturated carbocycles. The highest BCUT2D eigenvalue weighted by atomic mass is 32.2. The SMILES string of the molecule is CNCCc1ccc(S(=O)(=O)NCC2C(C)(C)C2(C)C)s1. The summed E-state index contributed by atoms with van der Waals surface area (Å²) in [5.74, 6) is 0.392. The molecule has 4 nitrogen and oxygen atoms in total. The Balaban J connectivity index is 1.98. The van der Waals surface area contributed by atoms with E-state index in [9.17, 15) is 8.42 Å². The summed E-state index contributed by atoms with van der Waals surface area (Å²) in [5, 5.41) is 3.07. The highest BCUT2D eigenvalue weighted by Crippen LogP contribution is 2.67. The van der Waals surface area contributed by atoms with Gasteiger partial charge in [-0.2, -0.15) is 0 Å². The summed E-state index contributed by atoms with van der Waals surface area (Å²) in [5.41, 5.74) is 0.395. The standard InChI is InChI=1S/C15H26N2O2S2/c1-14(2)12(15(14,3)4)10-17-21(18,19)13-7-6-11(20-13)8-9-16-5/h6-7,12,16-17H,8-10H2,1-5H3. The summed E-state index contributed by atoms with van der Waals surface area (Å²) in [6.45, 7) is 10.2. The van der Waals surface area contributed by atoms with Gasteiger partial charge in [0.25, 0.3) is 0 Å². The first kappa shape index (κ1) is 16.9. The van der Waals surface area contributed by atoms with Gasteiger partial charge in [0, 0.05) is 11.4 Å². The highest BCUT2D eigenvalue weighted by Gasteiger charge is 2.64. The molecular weight excluding hydrogens is 304 g/mol. The smallest absolute Gasteiger partial charge is 0.250 e. The van der Waals surface area contributed by atoms with Crippen LogP contribution in [0.4, 0.5) is 0 Å². The molecule has 1 heterocycles. The first-order valence-electron chi connectivity index (χ1n) is 7.36. The summed E-state index contributed by atoms with van der Waals surface area (Å²) >= 11 is 1.36. The summed E-state index contributed by atoms with van der Waals surface area (Å²) in [6.07, 6.45) is 0.860. The van der Waals surface area contributed by atoms with E-state index in [2.05, 4.69) is 37.7 Å². The Hall–Kier alpha value is -0.430. The molecule has 0 amide bonds. The lowest BCUT2D eigenvalue weighted by atomic mass is 10.0. The Labute approximate surface area is 132 Å². The quantitative estimate of drug-likeness (QED) is 0.807. The van der Waals surface area contributed by atoms with Crippen LogP contribution in [0.5, 0.6) is 0 Å². The van der Waals surface area contributed by atoms with Crippen LogP contribution in [0, 0.1) is 16.7 Å². The number of likely N-dealkylation sites (N-methyl/N-ethyl adjacent to an activating group) is 1. The number of rotatable bonds is 7. The third-order valence-electron chi connectivity index (χ3n) is 5.32. The molecule has 0 aliphatic heterocycles. The van der Waals surface area contributed by atoms with Crippen molar-refractivity contribution in [3.05, 3.63) is 17.0 Å². The van der Waals surface area contributed by atoms with Crippen molar-refractivity contribution in [1.82, 2.24) is 10.0 Å². The summed E-state index contributed by atoms with van der Waals surface area (Å²) in [4.78, 5) is 1.09. The second kappa shape index (κ2) is 5.65. The van der Waals surface area contributed by atoms with Crippen LogP contribution < -0.4 is 10.0 Å².